The molecule has 4 aromatic rings. The van der Waals surface area contributed by atoms with Gasteiger partial charge in [0.25, 0.3) is 0 Å². The molecule has 0 unspecified atom stereocenters. The topological polar surface area (TPSA) is 42.5 Å². The number of hydrogen-bond acceptors (Lipinski definition) is 4. The summed E-state index contributed by atoms with van der Waals surface area (Å²) in [7, 11) is 3.40. The molecule has 2 aliphatic heterocycles. The SMILES string of the molecule is COc1cc(OC)cc([C@H]2Nc3ccc4ccccc4c3[C@@H]3Nc4ccccc4[C@H]23)c1. The standard InChI is InChI=1S/C27H24N2O2/c1-30-18-13-17(14-19(15-18)31-2)26-25-21-9-5-6-10-22(21)28-27(25)24-20-8-4-3-7-16(20)11-12-23(24)29-26/h3-15,25-29H,1-2H3/t25-,26-,27+/m1/s1. The van der Waals surface area contributed by atoms with Crippen LogP contribution in [0.2, 0.25) is 0 Å². The number of methoxy groups -OCH3 is 2. The van der Waals surface area contributed by atoms with Crippen molar-refractivity contribution >= 4 is 22.1 Å². The maximum Gasteiger partial charge on any atom is 0.122 e. The van der Waals surface area contributed by atoms with Crippen molar-refractivity contribution in [1.82, 2.24) is 0 Å². The minimum Gasteiger partial charge on any atom is -0.497 e. The van der Waals surface area contributed by atoms with Crippen molar-refractivity contribution in [1.29, 1.82) is 0 Å². The molecular formula is C27H24N2O2. The fourth-order valence-electron chi connectivity index (χ4n) is 5.29. The number of fused-ring (bicyclic) bond motifs is 7. The van der Waals surface area contributed by atoms with Crippen molar-refractivity contribution in [3.63, 3.8) is 0 Å². The number of rotatable bonds is 3. The number of benzene rings is 4. The molecule has 154 valence electrons. The molecule has 2 N–H and O–H groups in total. The summed E-state index contributed by atoms with van der Waals surface area (Å²) in [4.78, 5) is 0. The number of ether oxygens (including phenoxy) is 2. The molecule has 0 saturated carbocycles. The maximum absolute atomic E-state index is 5.57. The van der Waals surface area contributed by atoms with E-state index in [2.05, 4.69) is 83.4 Å². The zero-order chi connectivity index (χ0) is 20.9. The van der Waals surface area contributed by atoms with Gasteiger partial charge in [-0.15, -0.1) is 0 Å². The van der Waals surface area contributed by atoms with E-state index in [-0.39, 0.29) is 18.0 Å². The molecule has 4 nitrogen and oxygen atoms in total. The molecule has 0 bridgehead atoms. The van der Waals surface area contributed by atoms with Crippen LogP contribution in [-0.2, 0) is 0 Å². The van der Waals surface area contributed by atoms with E-state index >= 15 is 0 Å². The number of nitrogens with one attached hydrogen (secondary N) is 2. The van der Waals surface area contributed by atoms with Gasteiger partial charge in [0, 0.05) is 28.9 Å². The Bertz CT molecular complexity index is 1280. The van der Waals surface area contributed by atoms with Crippen LogP contribution in [0.4, 0.5) is 11.4 Å². The lowest BCUT2D eigenvalue weighted by Gasteiger charge is -2.38. The molecule has 3 atom stereocenters. The van der Waals surface area contributed by atoms with Crippen LogP contribution in [0.5, 0.6) is 11.5 Å². The van der Waals surface area contributed by atoms with Gasteiger partial charge in [0.05, 0.1) is 26.3 Å². The molecular weight excluding hydrogens is 384 g/mol. The van der Waals surface area contributed by atoms with E-state index in [1.807, 2.05) is 6.07 Å². The highest BCUT2D eigenvalue weighted by Gasteiger charge is 2.44. The number of hydrogen-bond donors (Lipinski definition) is 2. The summed E-state index contributed by atoms with van der Waals surface area (Å²) >= 11 is 0. The summed E-state index contributed by atoms with van der Waals surface area (Å²) in [6.07, 6.45) is 0. The van der Waals surface area contributed by atoms with Gasteiger partial charge in [-0.3, -0.25) is 0 Å². The lowest BCUT2D eigenvalue weighted by Crippen LogP contribution is -2.30. The Morgan fingerprint density at radius 3 is 2.19 bits per heavy atom. The largest absolute Gasteiger partial charge is 0.497 e. The zero-order valence-electron chi connectivity index (χ0n) is 17.6. The molecule has 0 aromatic heterocycles. The first-order valence-corrected chi connectivity index (χ1v) is 10.6. The summed E-state index contributed by atoms with van der Waals surface area (Å²) in [5.41, 5.74) is 6.21. The predicted octanol–water partition coefficient (Wildman–Crippen LogP) is 6.27. The first kappa shape index (κ1) is 18.1. The van der Waals surface area contributed by atoms with E-state index in [1.54, 1.807) is 14.2 Å². The van der Waals surface area contributed by atoms with Crippen LogP contribution in [0.15, 0.2) is 78.9 Å². The van der Waals surface area contributed by atoms with E-state index < -0.39 is 0 Å². The van der Waals surface area contributed by atoms with Gasteiger partial charge in [-0.25, -0.2) is 0 Å². The van der Waals surface area contributed by atoms with Gasteiger partial charge >= 0.3 is 0 Å². The third-order valence-corrected chi connectivity index (χ3v) is 6.67. The monoisotopic (exact) mass is 408 g/mol. The van der Waals surface area contributed by atoms with E-state index in [4.69, 9.17) is 9.47 Å². The summed E-state index contributed by atoms with van der Waals surface area (Å²) < 4.78 is 11.1. The molecule has 31 heavy (non-hydrogen) atoms. The van der Waals surface area contributed by atoms with Crippen LogP contribution in [0, 0.1) is 0 Å². The minimum atomic E-state index is 0.0822. The Hall–Kier alpha value is -3.66. The first-order valence-electron chi connectivity index (χ1n) is 10.6. The van der Waals surface area contributed by atoms with Crippen molar-refractivity contribution in [2.45, 2.75) is 18.0 Å². The Morgan fingerprint density at radius 2 is 1.39 bits per heavy atom. The molecule has 0 aliphatic carbocycles. The maximum atomic E-state index is 5.57. The molecule has 0 fully saturated rings. The van der Waals surface area contributed by atoms with Crippen LogP contribution < -0.4 is 20.1 Å². The Kier molecular flexibility index (Phi) is 4.06. The van der Waals surface area contributed by atoms with Crippen LogP contribution in [0.3, 0.4) is 0 Å². The molecule has 4 heteroatoms. The fraction of sp³-hybridized carbons (Fsp3) is 0.185. The van der Waals surface area contributed by atoms with E-state index in [0.717, 1.165) is 17.1 Å². The molecule has 2 aliphatic rings. The van der Waals surface area contributed by atoms with Crippen molar-refractivity contribution < 1.29 is 9.47 Å². The molecule has 0 amide bonds. The van der Waals surface area contributed by atoms with Crippen molar-refractivity contribution in [2.75, 3.05) is 24.9 Å². The Balaban J connectivity index is 1.58. The van der Waals surface area contributed by atoms with E-state index in [9.17, 15) is 0 Å². The molecule has 4 aromatic carbocycles. The third kappa shape index (κ3) is 2.75. The molecule has 0 spiro atoms. The molecule has 2 heterocycles. The van der Waals surface area contributed by atoms with Crippen LogP contribution in [0.25, 0.3) is 10.8 Å². The van der Waals surface area contributed by atoms with Crippen molar-refractivity contribution in [2.24, 2.45) is 0 Å². The summed E-state index contributed by atoms with van der Waals surface area (Å²) in [6.45, 7) is 0. The quantitative estimate of drug-likeness (QED) is 0.419. The second-order valence-electron chi connectivity index (χ2n) is 8.25. The van der Waals surface area contributed by atoms with Crippen LogP contribution in [0.1, 0.15) is 34.7 Å². The summed E-state index contributed by atoms with van der Waals surface area (Å²) in [5, 5.41) is 10.3. The number of anilines is 2. The van der Waals surface area contributed by atoms with Gasteiger partial charge in [0.1, 0.15) is 11.5 Å². The van der Waals surface area contributed by atoms with Gasteiger partial charge in [-0.2, -0.15) is 0 Å². The normalized spacial score (nSPS) is 20.8. The van der Waals surface area contributed by atoms with Gasteiger partial charge in [-0.1, -0.05) is 48.5 Å². The summed E-state index contributed by atoms with van der Waals surface area (Å²) in [6, 6.07) is 28.1. The van der Waals surface area contributed by atoms with Gasteiger partial charge in [0.15, 0.2) is 0 Å². The average molecular weight is 409 g/mol. The third-order valence-electron chi connectivity index (χ3n) is 6.67. The first-order chi connectivity index (χ1) is 15.3. The summed E-state index contributed by atoms with van der Waals surface area (Å²) in [5.74, 6) is 1.85. The highest BCUT2D eigenvalue weighted by atomic mass is 16.5. The molecule has 0 radical (unpaired) electrons. The van der Waals surface area contributed by atoms with Gasteiger partial charge in [-0.05, 0) is 46.2 Å². The predicted molar refractivity (Wildman–Crippen MR) is 125 cm³/mol. The fourth-order valence-corrected chi connectivity index (χ4v) is 5.29. The lowest BCUT2D eigenvalue weighted by atomic mass is 9.76. The number of para-hydroxylation sites is 1. The zero-order valence-corrected chi connectivity index (χ0v) is 17.6. The second-order valence-corrected chi connectivity index (χ2v) is 8.25. The highest BCUT2D eigenvalue weighted by molar-refractivity contribution is 5.92. The smallest absolute Gasteiger partial charge is 0.122 e. The van der Waals surface area contributed by atoms with Crippen LogP contribution in [-0.4, -0.2) is 14.2 Å². The minimum absolute atomic E-state index is 0.0822. The highest BCUT2D eigenvalue weighted by Crippen LogP contribution is 2.57. The average Bonchev–Trinajstić information content (AvgIpc) is 3.22. The Morgan fingerprint density at radius 1 is 0.677 bits per heavy atom. The molecule has 0 saturated heterocycles. The van der Waals surface area contributed by atoms with Gasteiger partial charge < -0.3 is 20.1 Å². The van der Waals surface area contributed by atoms with E-state index in [1.165, 1.54) is 33.3 Å². The lowest BCUT2D eigenvalue weighted by molar-refractivity contribution is 0.391. The van der Waals surface area contributed by atoms with Crippen molar-refractivity contribution in [3.8, 4) is 11.5 Å². The second kappa shape index (κ2) is 6.95. The van der Waals surface area contributed by atoms with Crippen molar-refractivity contribution in [3.05, 3.63) is 95.6 Å². The van der Waals surface area contributed by atoms with Gasteiger partial charge in [0.2, 0.25) is 0 Å². The Labute approximate surface area is 181 Å². The van der Waals surface area contributed by atoms with E-state index in [0.29, 0.717) is 0 Å². The molecule has 6 rings (SSSR count). The van der Waals surface area contributed by atoms with Crippen LogP contribution >= 0.6 is 0 Å².